The molecule has 0 saturated carbocycles. The lowest BCUT2D eigenvalue weighted by Crippen LogP contribution is -2.28. The lowest BCUT2D eigenvalue weighted by atomic mass is 9.86. The zero-order valence-corrected chi connectivity index (χ0v) is 32.3. The first kappa shape index (κ1) is 35.0. The van der Waals surface area contributed by atoms with Gasteiger partial charge in [-0.25, -0.2) is 4.99 Å². The first-order chi connectivity index (χ1) is 28.5. The largest absolute Gasteiger partial charge is 0.369 e. The van der Waals surface area contributed by atoms with Gasteiger partial charge in [-0.15, -0.1) is 0 Å². The van der Waals surface area contributed by atoms with E-state index in [-0.39, 0.29) is 12.0 Å². The fraction of sp³-hybridized carbons (Fsp3) is 0.0556. The van der Waals surface area contributed by atoms with Crippen molar-refractivity contribution in [1.29, 1.82) is 0 Å². The predicted octanol–water partition coefficient (Wildman–Crippen LogP) is 13.1. The minimum absolute atomic E-state index is 0.222. The molecule has 0 fully saturated rings. The Morgan fingerprint density at radius 1 is 0.655 bits per heavy atom. The Kier molecular flexibility index (Phi) is 8.80. The van der Waals surface area contributed by atoms with E-state index in [1.165, 1.54) is 50.3 Å². The van der Waals surface area contributed by atoms with E-state index in [0.29, 0.717) is 5.96 Å². The van der Waals surface area contributed by atoms with Gasteiger partial charge in [-0.1, -0.05) is 152 Å². The van der Waals surface area contributed by atoms with Crippen LogP contribution in [0.1, 0.15) is 28.2 Å². The summed E-state index contributed by atoms with van der Waals surface area (Å²) in [7, 11) is 0. The third-order valence-electron chi connectivity index (χ3n) is 11.7. The molecule has 0 spiro atoms. The van der Waals surface area contributed by atoms with Crippen molar-refractivity contribution < 1.29 is 0 Å². The van der Waals surface area contributed by atoms with Crippen LogP contribution in [0.3, 0.4) is 0 Å². The molecule has 10 rings (SSSR count). The standard InChI is InChI=1S/C54H42N4/c1-36(39-16-13-17-43(33-39)45-27-24-40(32-37(45)2)38-14-5-3-6-15-38)30-31-56-54(55)58-51-23-12-10-21-47(51)49-35-42(26-29-53(49)58)41-25-28-52-48(34-41)46-20-9-11-22-50(46)57(52)44-18-7-4-8-19-44/h3-35,48,52H,1H2,2H3,(H2,55,56)/b31-30-. The zero-order valence-electron chi connectivity index (χ0n) is 32.3. The molecule has 2 N–H and O–H groups in total. The number of benzene rings is 7. The molecule has 4 nitrogen and oxygen atoms in total. The minimum Gasteiger partial charge on any atom is -0.369 e. The normalized spacial score (nSPS) is 16.2. The highest BCUT2D eigenvalue weighted by Gasteiger charge is 2.38. The summed E-state index contributed by atoms with van der Waals surface area (Å²) >= 11 is 0. The van der Waals surface area contributed by atoms with Crippen molar-refractivity contribution in [3.63, 3.8) is 0 Å². The van der Waals surface area contributed by atoms with E-state index in [1.807, 2.05) is 12.1 Å². The van der Waals surface area contributed by atoms with Gasteiger partial charge in [0.1, 0.15) is 0 Å². The van der Waals surface area contributed by atoms with Gasteiger partial charge in [-0.2, -0.15) is 0 Å². The van der Waals surface area contributed by atoms with Crippen molar-refractivity contribution >= 4 is 50.3 Å². The Hall–Kier alpha value is -7.43. The van der Waals surface area contributed by atoms with Crippen LogP contribution in [-0.2, 0) is 0 Å². The lowest BCUT2D eigenvalue weighted by Gasteiger charge is -2.29. The molecule has 1 aromatic heterocycles. The van der Waals surface area contributed by atoms with Crippen molar-refractivity contribution in [3.05, 3.63) is 229 Å². The summed E-state index contributed by atoms with van der Waals surface area (Å²) in [6, 6.07) is 60.5. The molecule has 2 atom stereocenters. The fourth-order valence-electron chi connectivity index (χ4n) is 8.87. The van der Waals surface area contributed by atoms with Gasteiger partial charge in [-0.05, 0) is 111 Å². The molecule has 0 saturated heterocycles. The maximum atomic E-state index is 6.82. The summed E-state index contributed by atoms with van der Waals surface area (Å²) in [4.78, 5) is 7.23. The van der Waals surface area contributed by atoms with Crippen LogP contribution in [0.15, 0.2) is 212 Å². The number of para-hydroxylation sites is 3. The van der Waals surface area contributed by atoms with Crippen molar-refractivity contribution in [1.82, 2.24) is 4.57 Å². The average molecular weight is 747 g/mol. The van der Waals surface area contributed by atoms with Crippen LogP contribution in [0.4, 0.5) is 11.4 Å². The monoisotopic (exact) mass is 746 g/mol. The van der Waals surface area contributed by atoms with Crippen LogP contribution in [0.2, 0.25) is 0 Å². The number of rotatable bonds is 7. The number of allylic oxidation sites excluding steroid dienone is 4. The molecule has 1 aliphatic carbocycles. The molecule has 2 aliphatic rings. The van der Waals surface area contributed by atoms with Gasteiger partial charge in [0.2, 0.25) is 5.96 Å². The van der Waals surface area contributed by atoms with Gasteiger partial charge in [0.25, 0.3) is 0 Å². The first-order valence-electron chi connectivity index (χ1n) is 19.8. The molecule has 0 amide bonds. The summed E-state index contributed by atoms with van der Waals surface area (Å²) in [6.45, 7) is 6.55. The Labute approximate surface area is 339 Å². The van der Waals surface area contributed by atoms with Crippen LogP contribution in [-0.4, -0.2) is 16.6 Å². The number of hydrogen-bond donors (Lipinski definition) is 1. The molecular weight excluding hydrogens is 705 g/mol. The Morgan fingerprint density at radius 2 is 1.38 bits per heavy atom. The summed E-state index contributed by atoms with van der Waals surface area (Å²) < 4.78 is 2.05. The van der Waals surface area contributed by atoms with Gasteiger partial charge in [0, 0.05) is 34.3 Å². The SMILES string of the molecule is C=C(/C=C\N=C(N)n1c2ccccc2c2cc(C3=CC4c5ccccc5N(c5ccccc5)C4C=C3)ccc21)c1cccc(-c2ccc(-c3ccccc3)cc2C)c1. The van der Waals surface area contributed by atoms with Crippen LogP contribution >= 0.6 is 0 Å². The smallest absolute Gasteiger partial charge is 0.205 e. The van der Waals surface area contributed by atoms with E-state index in [2.05, 4.69) is 205 Å². The van der Waals surface area contributed by atoms with Gasteiger partial charge < -0.3 is 10.6 Å². The molecule has 8 aromatic rings. The van der Waals surface area contributed by atoms with E-state index < -0.39 is 0 Å². The first-order valence-corrected chi connectivity index (χ1v) is 19.8. The summed E-state index contributed by atoms with van der Waals surface area (Å²) in [5.74, 6) is 0.643. The third kappa shape index (κ3) is 6.16. The van der Waals surface area contributed by atoms with E-state index in [1.54, 1.807) is 6.20 Å². The topological polar surface area (TPSA) is 46.5 Å². The highest BCUT2D eigenvalue weighted by Crippen LogP contribution is 2.49. The van der Waals surface area contributed by atoms with Gasteiger partial charge in [0.05, 0.1) is 17.1 Å². The maximum absolute atomic E-state index is 6.82. The Morgan fingerprint density at radius 3 is 2.22 bits per heavy atom. The molecule has 2 heterocycles. The number of aryl methyl sites for hydroxylation is 1. The number of fused-ring (bicyclic) bond motifs is 6. The van der Waals surface area contributed by atoms with Crippen LogP contribution in [0.5, 0.6) is 0 Å². The molecule has 4 heteroatoms. The highest BCUT2D eigenvalue weighted by atomic mass is 15.2. The van der Waals surface area contributed by atoms with Crippen LogP contribution in [0.25, 0.3) is 55.2 Å². The van der Waals surface area contributed by atoms with Crippen molar-refractivity contribution in [3.8, 4) is 22.3 Å². The van der Waals surface area contributed by atoms with Crippen molar-refractivity contribution in [2.24, 2.45) is 10.7 Å². The molecule has 58 heavy (non-hydrogen) atoms. The Balaban J connectivity index is 0.925. The van der Waals surface area contributed by atoms with Gasteiger partial charge in [-0.3, -0.25) is 4.57 Å². The summed E-state index contributed by atoms with van der Waals surface area (Å²) in [6.07, 6.45) is 10.8. The number of nitrogens with two attached hydrogens (primary N) is 1. The molecule has 278 valence electrons. The molecule has 7 aromatic carbocycles. The van der Waals surface area contributed by atoms with E-state index in [0.717, 1.165) is 38.5 Å². The Bertz CT molecular complexity index is 3000. The van der Waals surface area contributed by atoms with Crippen molar-refractivity contribution in [2.75, 3.05) is 4.90 Å². The maximum Gasteiger partial charge on any atom is 0.205 e. The van der Waals surface area contributed by atoms with Gasteiger partial charge in [0.15, 0.2) is 0 Å². The third-order valence-corrected chi connectivity index (χ3v) is 11.7. The van der Waals surface area contributed by atoms with Crippen LogP contribution < -0.4 is 10.6 Å². The summed E-state index contributed by atoms with van der Waals surface area (Å²) in [5, 5.41) is 2.27. The van der Waals surface area contributed by atoms with Crippen LogP contribution in [0, 0.1) is 6.92 Å². The molecule has 2 unspecified atom stereocenters. The number of aliphatic imine (C=N–C) groups is 1. The highest BCUT2D eigenvalue weighted by molar-refractivity contribution is 6.14. The molecule has 0 radical (unpaired) electrons. The number of aromatic nitrogens is 1. The number of anilines is 2. The number of hydrogen-bond acceptors (Lipinski definition) is 2. The molecule has 1 aliphatic heterocycles. The second-order valence-corrected chi connectivity index (χ2v) is 15.2. The van der Waals surface area contributed by atoms with Gasteiger partial charge >= 0.3 is 0 Å². The lowest BCUT2D eigenvalue weighted by molar-refractivity contribution is 0.747. The minimum atomic E-state index is 0.222. The predicted molar refractivity (Wildman–Crippen MR) is 245 cm³/mol. The van der Waals surface area contributed by atoms with E-state index in [4.69, 9.17) is 10.7 Å². The second kappa shape index (κ2) is 14.6. The number of nitrogens with zero attached hydrogens (tertiary/aromatic N) is 3. The van der Waals surface area contributed by atoms with Crippen molar-refractivity contribution in [2.45, 2.75) is 18.9 Å². The molecular formula is C54H42N4. The molecule has 0 bridgehead atoms. The second-order valence-electron chi connectivity index (χ2n) is 15.2. The fourth-order valence-corrected chi connectivity index (χ4v) is 8.87. The average Bonchev–Trinajstić information content (AvgIpc) is 3.79. The van der Waals surface area contributed by atoms with E-state index >= 15 is 0 Å². The zero-order chi connectivity index (χ0) is 39.2. The summed E-state index contributed by atoms with van der Waals surface area (Å²) in [5.41, 5.74) is 23.0. The van der Waals surface area contributed by atoms with E-state index in [9.17, 15) is 0 Å². The quantitative estimate of drug-likeness (QED) is 0.100.